The Morgan fingerprint density at radius 3 is 2.44 bits per heavy atom. The average Bonchev–Trinajstić information content (AvgIpc) is 2.10. The highest BCUT2D eigenvalue weighted by Crippen LogP contribution is 2.30. The molecule has 0 amide bonds. The van der Waals surface area contributed by atoms with Gasteiger partial charge in [-0.05, 0) is 18.1 Å². The highest BCUT2D eigenvalue weighted by atomic mass is 35.5. The van der Waals surface area contributed by atoms with Crippen molar-refractivity contribution in [3.63, 3.8) is 0 Å². The van der Waals surface area contributed by atoms with Crippen LogP contribution in [0.3, 0.4) is 0 Å². The fourth-order valence-corrected chi connectivity index (χ4v) is 2.24. The Morgan fingerprint density at radius 1 is 1.56 bits per heavy atom. The van der Waals surface area contributed by atoms with E-state index in [4.69, 9.17) is 23.2 Å². The summed E-state index contributed by atoms with van der Waals surface area (Å²) in [6.45, 7) is 2.06. The summed E-state index contributed by atoms with van der Waals surface area (Å²) >= 11 is 12.9. The number of hydrogen-bond acceptors (Lipinski definition) is 1. The number of rotatable bonds is 1. The predicted molar refractivity (Wildman–Crippen MR) is 43.7 cm³/mol. The Kier molecular flexibility index (Phi) is 2.39. The van der Waals surface area contributed by atoms with E-state index in [2.05, 4.69) is 6.92 Å². The molecule has 0 saturated carbocycles. The van der Waals surface area contributed by atoms with Gasteiger partial charge in [-0.2, -0.15) is 0 Å². The minimum absolute atomic E-state index is 0.775. The van der Waals surface area contributed by atoms with Crippen molar-refractivity contribution in [1.82, 2.24) is 0 Å². The van der Waals surface area contributed by atoms with Crippen LogP contribution in [0.25, 0.3) is 0 Å². The first-order chi connectivity index (χ1) is 4.24. The first kappa shape index (κ1) is 7.39. The fourth-order valence-electron chi connectivity index (χ4n) is 0.615. The summed E-state index contributed by atoms with van der Waals surface area (Å²) in [5.74, 6) is 0. The van der Waals surface area contributed by atoms with Gasteiger partial charge in [-0.25, -0.2) is 0 Å². The molecule has 1 heterocycles. The topological polar surface area (TPSA) is 0 Å². The number of aryl methyl sites for hydroxylation is 1. The third-order valence-electron chi connectivity index (χ3n) is 1.11. The van der Waals surface area contributed by atoms with E-state index in [9.17, 15) is 0 Å². The second-order valence-corrected chi connectivity index (χ2v) is 3.99. The molecule has 0 nitrogen and oxygen atoms in total. The molecule has 0 fully saturated rings. The normalized spacial score (nSPS) is 10.1. The molecule has 0 aliphatic rings. The molecule has 3 heteroatoms. The van der Waals surface area contributed by atoms with Crippen molar-refractivity contribution in [1.29, 1.82) is 0 Å². The minimum Gasteiger partial charge on any atom is -0.111 e. The van der Waals surface area contributed by atoms with E-state index in [1.165, 1.54) is 11.3 Å². The molecule has 0 aliphatic carbocycles. The maximum Gasteiger partial charge on any atom is 0.0976 e. The standard InChI is InChI=1S/C6H6Cl2S/c1-2-4-3-5(7)9-6(4)8/h3H,2H2,1H3. The van der Waals surface area contributed by atoms with Gasteiger partial charge < -0.3 is 0 Å². The molecule has 1 rings (SSSR count). The van der Waals surface area contributed by atoms with Crippen molar-refractivity contribution >= 4 is 34.5 Å². The number of hydrogen-bond donors (Lipinski definition) is 0. The Labute approximate surface area is 68.4 Å². The largest absolute Gasteiger partial charge is 0.111 e. The molecular formula is C6H6Cl2S. The lowest BCUT2D eigenvalue weighted by Gasteiger charge is -1.85. The van der Waals surface area contributed by atoms with E-state index in [-0.39, 0.29) is 0 Å². The molecular weight excluding hydrogens is 175 g/mol. The van der Waals surface area contributed by atoms with E-state index in [1.54, 1.807) is 0 Å². The summed E-state index contributed by atoms with van der Waals surface area (Å²) < 4.78 is 1.60. The van der Waals surface area contributed by atoms with Crippen LogP contribution < -0.4 is 0 Å². The van der Waals surface area contributed by atoms with Crippen LogP contribution in [0.1, 0.15) is 12.5 Å². The molecule has 0 saturated heterocycles. The molecule has 9 heavy (non-hydrogen) atoms. The van der Waals surface area contributed by atoms with Gasteiger partial charge >= 0.3 is 0 Å². The van der Waals surface area contributed by atoms with E-state index in [0.29, 0.717) is 0 Å². The predicted octanol–water partition coefficient (Wildman–Crippen LogP) is 3.62. The van der Waals surface area contributed by atoms with Crippen LogP contribution in [0.5, 0.6) is 0 Å². The van der Waals surface area contributed by atoms with Crippen LogP contribution in [-0.4, -0.2) is 0 Å². The molecule has 0 atom stereocenters. The van der Waals surface area contributed by atoms with Crippen LogP contribution >= 0.6 is 34.5 Å². The fraction of sp³-hybridized carbons (Fsp3) is 0.333. The summed E-state index contributed by atoms with van der Waals surface area (Å²) in [6, 6.07) is 1.91. The van der Waals surface area contributed by atoms with Crippen LogP contribution in [-0.2, 0) is 6.42 Å². The van der Waals surface area contributed by atoms with Crippen molar-refractivity contribution < 1.29 is 0 Å². The van der Waals surface area contributed by atoms with Crippen molar-refractivity contribution in [2.24, 2.45) is 0 Å². The SMILES string of the molecule is CCc1cc(Cl)sc1Cl. The van der Waals surface area contributed by atoms with Gasteiger partial charge in [0, 0.05) is 0 Å². The smallest absolute Gasteiger partial charge is 0.0976 e. The zero-order valence-electron chi connectivity index (χ0n) is 4.95. The lowest BCUT2D eigenvalue weighted by molar-refractivity contribution is 1.16. The molecule has 0 radical (unpaired) electrons. The highest BCUT2D eigenvalue weighted by Gasteiger charge is 2.01. The summed E-state index contributed by atoms with van der Waals surface area (Å²) in [6.07, 6.45) is 0.960. The number of halogens is 2. The quantitative estimate of drug-likeness (QED) is 0.620. The van der Waals surface area contributed by atoms with Crippen LogP contribution in [0.4, 0.5) is 0 Å². The van der Waals surface area contributed by atoms with Gasteiger partial charge in [-0.1, -0.05) is 30.1 Å². The zero-order chi connectivity index (χ0) is 6.85. The molecule has 1 aromatic heterocycles. The molecule has 1 aromatic rings. The Balaban J connectivity index is 3.01. The average molecular weight is 181 g/mol. The zero-order valence-corrected chi connectivity index (χ0v) is 7.28. The first-order valence-electron chi connectivity index (χ1n) is 2.67. The van der Waals surface area contributed by atoms with Gasteiger partial charge in [-0.3, -0.25) is 0 Å². The lowest BCUT2D eigenvalue weighted by Crippen LogP contribution is -1.70. The van der Waals surface area contributed by atoms with Gasteiger partial charge in [0.1, 0.15) is 0 Å². The Bertz CT molecular complexity index is 205. The Morgan fingerprint density at radius 2 is 2.22 bits per heavy atom. The van der Waals surface area contributed by atoms with Gasteiger partial charge in [0.25, 0.3) is 0 Å². The molecule has 0 spiro atoms. The third-order valence-corrected chi connectivity index (χ3v) is 2.68. The van der Waals surface area contributed by atoms with Gasteiger partial charge in [0.2, 0.25) is 0 Å². The summed E-state index contributed by atoms with van der Waals surface area (Å²) in [5.41, 5.74) is 1.15. The van der Waals surface area contributed by atoms with E-state index >= 15 is 0 Å². The van der Waals surface area contributed by atoms with Crippen molar-refractivity contribution in [2.75, 3.05) is 0 Å². The van der Waals surface area contributed by atoms with E-state index < -0.39 is 0 Å². The maximum atomic E-state index is 5.78. The summed E-state index contributed by atoms with van der Waals surface area (Å²) in [7, 11) is 0. The Hall–Kier alpha value is 0.280. The summed E-state index contributed by atoms with van der Waals surface area (Å²) in [5, 5.41) is 0. The highest BCUT2D eigenvalue weighted by molar-refractivity contribution is 7.20. The van der Waals surface area contributed by atoms with Crippen molar-refractivity contribution in [3.8, 4) is 0 Å². The molecule has 0 unspecified atom stereocenters. The molecule has 0 aliphatic heterocycles. The molecule has 0 aromatic carbocycles. The van der Waals surface area contributed by atoms with Gasteiger partial charge in [0.15, 0.2) is 0 Å². The summed E-state index contributed by atoms with van der Waals surface area (Å²) in [4.78, 5) is 0. The second-order valence-electron chi connectivity index (χ2n) is 1.70. The molecule has 0 bridgehead atoms. The van der Waals surface area contributed by atoms with Crippen molar-refractivity contribution in [3.05, 3.63) is 20.3 Å². The van der Waals surface area contributed by atoms with E-state index in [0.717, 1.165) is 20.7 Å². The second kappa shape index (κ2) is 2.91. The maximum absolute atomic E-state index is 5.78. The van der Waals surface area contributed by atoms with Gasteiger partial charge in [-0.15, -0.1) is 11.3 Å². The van der Waals surface area contributed by atoms with Crippen LogP contribution in [0.15, 0.2) is 6.07 Å². The van der Waals surface area contributed by atoms with Crippen LogP contribution in [0, 0.1) is 0 Å². The lowest BCUT2D eigenvalue weighted by atomic mass is 10.3. The first-order valence-corrected chi connectivity index (χ1v) is 4.25. The third kappa shape index (κ3) is 1.60. The van der Waals surface area contributed by atoms with Crippen LogP contribution in [0.2, 0.25) is 8.67 Å². The number of thiophene rings is 1. The van der Waals surface area contributed by atoms with E-state index in [1.807, 2.05) is 6.07 Å². The molecule has 50 valence electrons. The van der Waals surface area contributed by atoms with Crippen molar-refractivity contribution in [2.45, 2.75) is 13.3 Å². The monoisotopic (exact) mass is 180 g/mol. The molecule has 0 N–H and O–H groups in total. The minimum atomic E-state index is 0.775. The van der Waals surface area contributed by atoms with Gasteiger partial charge in [0.05, 0.1) is 8.67 Å².